The van der Waals surface area contributed by atoms with E-state index in [0.29, 0.717) is 36.1 Å². The molecule has 7 rings (SSSR count). The summed E-state index contributed by atoms with van der Waals surface area (Å²) in [5.41, 5.74) is 4.59. The Bertz CT molecular complexity index is 1860. The fraction of sp³-hybridized carbons (Fsp3) is 0.378. The van der Waals surface area contributed by atoms with Crippen molar-refractivity contribution in [3.63, 3.8) is 0 Å². The van der Waals surface area contributed by atoms with Gasteiger partial charge in [-0.2, -0.15) is 0 Å². The van der Waals surface area contributed by atoms with E-state index in [-0.39, 0.29) is 11.3 Å². The van der Waals surface area contributed by atoms with Crippen molar-refractivity contribution in [3.8, 4) is 11.4 Å². The molecule has 0 bridgehead atoms. The minimum atomic E-state index is -0.121. The zero-order valence-electron chi connectivity index (χ0n) is 27.7. The second-order valence-electron chi connectivity index (χ2n) is 12.9. The first kappa shape index (κ1) is 31.6. The van der Waals surface area contributed by atoms with Crippen molar-refractivity contribution < 1.29 is 9.53 Å². The van der Waals surface area contributed by atoms with Gasteiger partial charge in [-0.25, -0.2) is 9.67 Å². The first-order valence-electron chi connectivity index (χ1n) is 16.9. The number of hydrogen-bond donors (Lipinski definition) is 1. The van der Waals surface area contributed by atoms with Gasteiger partial charge >= 0.3 is 0 Å². The molecule has 0 spiro atoms. The molecular weight excluding hydrogens is 602 g/mol. The summed E-state index contributed by atoms with van der Waals surface area (Å²) in [5.74, 6) is 1.46. The van der Waals surface area contributed by atoms with Crippen LogP contribution in [0.15, 0.2) is 91.3 Å². The number of carbonyl (C=O) groups excluding carboxylic acids is 1. The first-order chi connectivity index (χ1) is 23.6. The summed E-state index contributed by atoms with van der Waals surface area (Å²) >= 11 is 0. The predicted molar refractivity (Wildman–Crippen MR) is 187 cm³/mol. The van der Waals surface area contributed by atoms with E-state index < -0.39 is 0 Å². The molecule has 0 saturated carbocycles. The number of piperidine rings is 1. The first-order valence-corrected chi connectivity index (χ1v) is 16.9. The predicted octanol–water partition coefficient (Wildman–Crippen LogP) is 5.35. The van der Waals surface area contributed by atoms with E-state index in [1.807, 2.05) is 23.1 Å². The fourth-order valence-electron chi connectivity index (χ4n) is 7.31. The second kappa shape index (κ2) is 14.0. The van der Waals surface area contributed by atoms with Gasteiger partial charge in [0.05, 0.1) is 29.4 Å². The molecular formula is C37H43N9O2. The Morgan fingerprint density at radius 2 is 1.85 bits per heavy atom. The number of amides is 1. The third-order valence-corrected chi connectivity index (χ3v) is 10.1. The highest BCUT2D eigenvalue weighted by Gasteiger charge is 2.42. The summed E-state index contributed by atoms with van der Waals surface area (Å²) in [4.78, 5) is 23.6. The molecule has 2 fully saturated rings. The third kappa shape index (κ3) is 6.42. The van der Waals surface area contributed by atoms with E-state index in [0.717, 1.165) is 68.8 Å². The van der Waals surface area contributed by atoms with Crippen molar-refractivity contribution in [3.05, 3.63) is 102 Å². The Labute approximate surface area is 281 Å². The molecule has 1 amide bonds. The number of rotatable bonds is 11. The Hall–Kier alpha value is -5.03. The molecule has 5 aromatic rings. The van der Waals surface area contributed by atoms with Gasteiger partial charge in [0.25, 0.3) is 5.91 Å². The third-order valence-electron chi connectivity index (χ3n) is 10.1. The number of nitrogens with one attached hydrogen (secondary N) is 1. The highest BCUT2D eigenvalue weighted by Crippen LogP contribution is 2.39. The van der Waals surface area contributed by atoms with Crippen molar-refractivity contribution in [1.82, 2.24) is 39.6 Å². The van der Waals surface area contributed by atoms with Crippen LogP contribution in [0.2, 0.25) is 0 Å². The molecule has 0 radical (unpaired) electrons. The number of likely N-dealkylation sites (tertiary alicyclic amines) is 2. The lowest BCUT2D eigenvalue weighted by atomic mass is 9.76. The number of ether oxygens (including phenoxy) is 1. The molecule has 4 heterocycles. The molecule has 1 unspecified atom stereocenters. The molecule has 0 aliphatic carbocycles. The van der Waals surface area contributed by atoms with Crippen LogP contribution < -0.4 is 10.1 Å². The zero-order valence-corrected chi connectivity index (χ0v) is 27.7. The lowest BCUT2D eigenvalue weighted by molar-refractivity contribution is 0.0776. The number of aromatic nitrogens is 6. The Morgan fingerprint density at radius 1 is 1.04 bits per heavy atom. The quantitative estimate of drug-likeness (QED) is 0.192. The standard InChI is InChI=1S/C37H43N9O2/c1-3-4-20-45-33-13-9-8-12-32(33)40-36(45)39-29-16-21-43(22-17-29)23-18-37(28-10-6-5-7-11-28)19-24-44(26-37)35(47)31-25-30(14-15-34(31)48-2)46-27-38-41-42-46/h3-15,25,27,29H,16-24,26H2,1-2H3,(H,39,40)/b4-3+. The Morgan fingerprint density at radius 3 is 2.62 bits per heavy atom. The summed E-state index contributed by atoms with van der Waals surface area (Å²) in [6, 6.07) is 24.9. The number of para-hydroxylation sites is 2. The van der Waals surface area contributed by atoms with Gasteiger partial charge in [-0.05, 0) is 85.5 Å². The van der Waals surface area contributed by atoms with Gasteiger partial charge in [0, 0.05) is 44.2 Å². The summed E-state index contributed by atoms with van der Waals surface area (Å²) in [5, 5.41) is 15.3. The lowest BCUT2D eigenvalue weighted by Crippen LogP contribution is -2.42. The zero-order chi connectivity index (χ0) is 32.9. The molecule has 2 aliphatic rings. The van der Waals surface area contributed by atoms with Crippen LogP contribution in [0.5, 0.6) is 5.75 Å². The summed E-state index contributed by atoms with van der Waals surface area (Å²) in [6.45, 7) is 7.25. The van der Waals surface area contributed by atoms with E-state index >= 15 is 0 Å². The summed E-state index contributed by atoms with van der Waals surface area (Å²) in [7, 11) is 1.60. The van der Waals surface area contributed by atoms with E-state index in [2.05, 4.69) is 97.9 Å². The minimum Gasteiger partial charge on any atom is -0.496 e. The van der Waals surface area contributed by atoms with Crippen molar-refractivity contribution in [2.45, 2.75) is 50.6 Å². The maximum absolute atomic E-state index is 14.1. The number of benzene rings is 3. The van der Waals surface area contributed by atoms with Gasteiger partial charge in [0.15, 0.2) is 0 Å². The summed E-state index contributed by atoms with van der Waals surface area (Å²) in [6.07, 6.45) is 9.81. The smallest absolute Gasteiger partial charge is 0.257 e. The highest BCUT2D eigenvalue weighted by atomic mass is 16.5. The van der Waals surface area contributed by atoms with Gasteiger partial charge in [0.2, 0.25) is 5.95 Å². The molecule has 48 heavy (non-hydrogen) atoms. The number of hydrogen-bond acceptors (Lipinski definition) is 8. The SMILES string of the molecule is C/C=C/Cn1c(NC2CCN(CCC3(c4ccccc4)CCN(C(=O)c4cc(-n5cnnn5)ccc4OC)C3)CC2)nc2ccccc21. The van der Waals surface area contributed by atoms with Crippen molar-refractivity contribution in [2.24, 2.45) is 0 Å². The van der Waals surface area contributed by atoms with E-state index in [9.17, 15) is 4.79 Å². The number of allylic oxidation sites excluding steroid dienone is 2. The maximum atomic E-state index is 14.1. The average molecular weight is 646 g/mol. The average Bonchev–Trinajstić information content (AvgIpc) is 3.90. The number of carbonyl (C=O) groups is 1. The lowest BCUT2D eigenvalue weighted by Gasteiger charge is -2.36. The molecule has 11 nitrogen and oxygen atoms in total. The maximum Gasteiger partial charge on any atom is 0.257 e. The van der Waals surface area contributed by atoms with Crippen molar-refractivity contribution in [1.29, 1.82) is 0 Å². The summed E-state index contributed by atoms with van der Waals surface area (Å²) < 4.78 is 9.44. The molecule has 2 aliphatic heterocycles. The number of methoxy groups -OCH3 is 1. The van der Waals surface area contributed by atoms with Gasteiger partial charge < -0.3 is 24.4 Å². The fourth-order valence-corrected chi connectivity index (χ4v) is 7.31. The van der Waals surface area contributed by atoms with Crippen LogP contribution in [0, 0.1) is 0 Å². The van der Waals surface area contributed by atoms with Crippen LogP contribution in [0.1, 0.15) is 48.5 Å². The highest BCUT2D eigenvalue weighted by molar-refractivity contribution is 5.98. The van der Waals surface area contributed by atoms with Crippen LogP contribution in [0.4, 0.5) is 5.95 Å². The van der Waals surface area contributed by atoms with Crippen LogP contribution in [-0.2, 0) is 12.0 Å². The van der Waals surface area contributed by atoms with Crippen molar-refractivity contribution >= 4 is 22.9 Å². The normalized spacial score (nSPS) is 19.0. The molecule has 2 saturated heterocycles. The minimum absolute atomic E-state index is 0.0353. The second-order valence-corrected chi connectivity index (χ2v) is 12.9. The molecule has 1 atom stereocenters. The van der Waals surface area contributed by atoms with Crippen LogP contribution in [0.3, 0.4) is 0 Å². The van der Waals surface area contributed by atoms with Gasteiger partial charge in [-0.15, -0.1) is 5.10 Å². The largest absolute Gasteiger partial charge is 0.496 e. The molecule has 11 heteroatoms. The number of tetrazole rings is 1. The van der Waals surface area contributed by atoms with Gasteiger partial charge in [0.1, 0.15) is 12.1 Å². The Balaban J connectivity index is 1.02. The van der Waals surface area contributed by atoms with Crippen LogP contribution in [0.25, 0.3) is 16.7 Å². The van der Waals surface area contributed by atoms with Crippen molar-refractivity contribution in [2.75, 3.05) is 45.2 Å². The Kier molecular flexibility index (Phi) is 9.20. The molecule has 248 valence electrons. The van der Waals surface area contributed by atoms with Gasteiger partial charge in [-0.1, -0.05) is 54.6 Å². The topological polar surface area (TPSA) is 106 Å². The van der Waals surface area contributed by atoms with Crippen LogP contribution in [-0.4, -0.2) is 91.3 Å². The molecule has 2 aromatic heterocycles. The molecule has 3 aromatic carbocycles. The number of fused-ring (bicyclic) bond motifs is 1. The van der Waals surface area contributed by atoms with E-state index in [1.54, 1.807) is 17.9 Å². The number of imidazole rings is 1. The van der Waals surface area contributed by atoms with E-state index in [4.69, 9.17) is 9.72 Å². The number of anilines is 1. The van der Waals surface area contributed by atoms with Crippen LogP contribution >= 0.6 is 0 Å². The van der Waals surface area contributed by atoms with Gasteiger partial charge in [-0.3, -0.25) is 4.79 Å². The monoisotopic (exact) mass is 645 g/mol. The number of nitrogens with zero attached hydrogens (tertiary/aromatic N) is 8. The molecule has 1 N–H and O–H groups in total. The van der Waals surface area contributed by atoms with E-state index in [1.165, 1.54) is 11.9 Å².